The van der Waals surface area contributed by atoms with Crippen LogP contribution >= 0.6 is 11.3 Å². The summed E-state index contributed by atoms with van der Waals surface area (Å²) in [4.78, 5) is 17.7. The summed E-state index contributed by atoms with van der Waals surface area (Å²) in [6.07, 6.45) is 3.47. The number of aromatic nitrogens is 2. The third kappa shape index (κ3) is 6.62. The number of nitrogens with one attached hydrogen (secondary N) is 1. The molecular formula is C26H33N5O2S. The van der Waals surface area contributed by atoms with Gasteiger partial charge in [0.25, 0.3) is 5.91 Å². The molecule has 34 heavy (non-hydrogen) atoms. The van der Waals surface area contributed by atoms with E-state index in [4.69, 9.17) is 4.74 Å². The van der Waals surface area contributed by atoms with Crippen molar-refractivity contribution in [1.82, 2.24) is 20.0 Å². The topological polar surface area (TPSA) is 70.6 Å². The second-order valence-corrected chi connectivity index (χ2v) is 9.73. The summed E-state index contributed by atoms with van der Waals surface area (Å²) in [5.74, 6) is 0.514. The highest BCUT2D eigenvalue weighted by Gasteiger charge is 2.26. The monoisotopic (exact) mass is 479 g/mol. The number of nitrogens with zero attached hydrogens (tertiary/aromatic N) is 4. The first kappa shape index (κ1) is 24.3. The molecule has 1 aliphatic heterocycles. The number of hydrogen-bond donors (Lipinski definition) is 1. The first-order chi connectivity index (χ1) is 16.6. The standard InChI is InChI=1S/C26H33N5O2S/c1-3-15-31(22-10-7-16-30(18-22)17-20-8-5-4-6-9-20)19-24-28-29-26(34-24)25(32)27-21-11-13-23(33-2)14-12-21/h4-6,8-9,11-14,22H,3,7,10,15-19H2,1-2H3,(H,27,32). The zero-order chi connectivity index (χ0) is 23.8. The lowest BCUT2D eigenvalue weighted by Gasteiger charge is -2.39. The Labute approximate surface area is 205 Å². The van der Waals surface area contributed by atoms with Gasteiger partial charge < -0.3 is 10.1 Å². The van der Waals surface area contributed by atoms with Crippen LogP contribution in [0.25, 0.3) is 0 Å². The molecule has 0 spiro atoms. The van der Waals surface area contributed by atoms with E-state index in [0.29, 0.717) is 16.7 Å². The van der Waals surface area contributed by atoms with Crippen LogP contribution < -0.4 is 10.1 Å². The molecule has 0 radical (unpaired) electrons. The van der Waals surface area contributed by atoms with Crippen LogP contribution in [-0.4, -0.2) is 58.7 Å². The maximum Gasteiger partial charge on any atom is 0.286 e. The van der Waals surface area contributed by atoms with Gasteiger partial charge in [0.05, 0.1) is 13.7 Å². The van der Waals surface area contributed by atoms with Crippen LogP contribution in [0.5, 0.6) is 5.75 Å². The molecule has 180 valence electrons. The Kier molecular flexibility index (Phi) is 8.62. The molecule has 1 fully saturated rings. The van der Waals surface area contributed by atoms with Gasteiger partial charge in [-0.25, -0.2) is 0 Å². The van der Waals surface area contributed by atoms with E-state index in [0.717, 1.165) is 49.9 Å². The maximum absolute atomic E-state index is 12.7. The second kappa shape index (κ2) is 12.1. The predicted molar refractivity (Wildman–Crippen MR) is 136 cm³/mol. The summed E-state index contributed by atoms with van der Waals surface area (Å²) in [5, 5.41) is 12.7. The average Bonchev–Trinajstić information content (AvgIpc) is 3.34. The molecule has 3 aromatic rings. The number of carbonyl (C=O) groups is 1. The summed E-state index contributed by atoms with van der Waals surface area (Å²) in [5.41, 5.74) is 2.07. The summed E-state index contributed by atoms with van der Waals surface area (Å²) >= 11 is 1.38. The fourth-order valence-electron chi connectivity index (χ4n) is 4.43. The molecule has 1 aromatic heterocycles. The highest BCUT2D eigenvalue weighted by Crippen LogP contribution is 2.22. The number of piperidine rings is 1. The molecule has 0 aliphatic carbocycles. The van der Waals surface area contributed by atoms with Crippen LogP contribution in [0.3, 0.4) is 0 Å². The molecule has 1 N–H and O–H groups in total. The van der Waals surface area contributed by atoms with Gasteiger partial charge in [-0.1, -0.05) is 48.6 Å². The largest absolute Gasteiger partial charge is 0.497 e. The van der Waals surface area contributed by atoms with Gasteiger partial charge in [-0.15, -0.1) is 10.2 Å². The van der Waals surface area contributed by atoms with Gasteiger partial charge in [-0.2, -0.15) is 0 Å². The molecule has 7 nitrogen and oxygen atoms in total. The van der Waals surface area contributed by atoms with E-state index in [1.807, 2.05) is 24.3 Å². The van der Waals surface area contributed by atoms with Crippen molar-refractivity contribution in [2.45, 2.75) is 45.3 Å². The minimum absolute atomic E-state index is 0.234. The number of methoxy groups -OCH3 is 1. The molecule has 1 aliphatic rings. The molecule has 0 bridgehead atoms. The molecule has 1 saturated heterocycles. The Morgan fingerprint density at radius 1 is 1.18 bits per heavy atom. The lowest BCUT2D eigenvalue weighted by atomic mass is 10.0. The van der Waals surface area contributed by atoms with Crippen LogP contribution in [0, 0.1) is 0 Å². The Balaban J connectivity index is 1.36. The quantitative estimate of drug-likeness (QED) is 0.455. The third-order valence-corrected chi connectivity index (χ3v) is 7.01. The Hall–Kier alpha value is -2.81. The molecule has 8 heteroatoms. The van der Waals surface area contributed by atoms with Crippen LogP contribution in [0.1, 0.15) is 46.6 Å². The highest BCUT2D eigenvalue weighted by molar-refractivity contribution is 7.13. The second-order valence-electron chi connectivity index (χ2n) is 8.67. The number of anilines is 1. The number of ether oxygens (including phenoxy) is 1. The molecule has 2 aromatic carbocycles. The first-order valence-electron chi connectivity index (χ1n) is 11.9. The maximum atomic E-state index is 12.7. The van der Waals surface area contributed by atoms with Crippen molar-refractivity contribution in [1.29, 1.82) is 0 Å². The summed E-state index contributed by atoms with van der Waals surface area (Å²) in [7, 11) is 1.62. The molecule has 1 amide bonds. The fourth-order valence-corrected chi connectivity index (χ4v) is 5.19. The fraction of sp³-hybridized carbons (Fsp3) is 0.423. The number of carbonyl (C=O) groups excluding carboxylic acids is 1. The molecular weight excluding hydrogens is 446 g/mol. The van der Waals surface area contributed by atoms with Crippen LogP contribution in [0.2, 0.25) is 0 Å². The molecule has 1 atom stereocenters. The van der Waals surface area contributed by atoms with E-state index in [1.54, 1.807) is 7.11 Å². The lowest BCUT2D eigenvalue weighted by molar-refractivity contribution is 0.0874. The first-order valence-corrected chi connectivity index (χ1v) is 12.7. The summed E-state index contributed by atoms with van der Waals surface area (Å²) < 4.78 is 5.16. The van der Waals surface area contributed by atoms with E-state index in [2.05, 4.69) is 62.6 Å². The molecule has 4 rings (SSSR count). The van der Waals surface area contributed by atoms with Crippen LogP contribution in [0.4, 0.5) is 5.69 Å². The van der Waals surface area contributed by atoms with Gasteiger partial charge in [-0.05, 0) is 62.2 Å². The van der Waals surface area contributed by atoms with Gasteiger partial charge >= 0.3 is 0 Å². The number of likely N-dealkylation sites (tertiary alicyclic amines) is 1. The number of amides is 1. The van der Waals surface area contributed by atoms with Crippen LogP contribution in [-0.2, 0) is 13.1 Å². The zero-order valence-corrected chi connectivity index (χ0v) is 20.8. The smallest absolute Gasteiger partial charge is 0.286 e. The van der Waals surface area contributed by atoms with Crippen molar-refractivity contribution in [3.63, 3.8) is 0 Å². The van der Waals surface area contributed by atoms with Gasteiger partial charge in [0.15, 0.2) is 0 Å². The SMILES string of the molecule is CCCN(Cc1nnc(C(=O)Nc2ccc(OC)cc2)s1)C1CCCN(Cc2ccccc2)C1. The normalized spacial score (nSPS) is 16.5. The zero-order valence-electron chi connectivity index (χ0n) is 19.9. The number of hydrogen-bond acceptors (Lipinski definition) is 7. The Morgan fingerprint density at radius 3 is 2.71 bits per heavy atom. The van der Waals surface area contributed by atoms with E-state index in [9.17, 15) is 4.79 Å². The molecule has 2 heterocycles. The molecule has 1 unspecified atom stereocenters. The van der Waals surface area contributed by atoms with Gasteiger partial charge in [0, 0.05) is 24.8 Å². The van der Waals surface area contributed by atoms with Gasteiger partial charge in [-0.3, -0.25) is 14.6 Å². The van der Waals surface area contributed by atoms with Crippen molar-refractivity contribution >= 4 is 22.9 Å². The lowest BCUT2D eigenvalue weighted by Crippen LogP contribution is -2.47. The van der Waals surface area contributed by atoms with E-state index < -0.39 is 0 Å². The van der Waals surface area contributed by atoms with Crippen molar-refractivity contribution in [3.8, 4) is 5.75 Å². The van der Waals surface area contributed by atoms with Crippen molar-refractivity contribution in [2.24, 2.45) is 0 Å². The summed E-state index contributed by atoms with van der Waals surface area (Å²) in [6.45, 7) is 7.14. The van der Waals surface area contributed by atoms with E-state index in [1.165, 1.54) is 29.7 Å². The van der Waals surface area contributed by atoms with Crippen molar-refractivity contribution in [2.75, 3.05) is 32.1 Å². The Morgan fingerprint density at radius 2 is 1.97 bits per heavy atom. The van der Waals surface area contributed by atoms with Crippen molar-refractivity contribution < 1.29 is 9.53 Å². The highest BCUT2D eigenvalue weighted by atomic mass is 32.1. The van der Waals surface area contributed by atoms with E-state index >= 15 is 0 Å². The summed E-state index contributed by atoms with van der Waals surface area (Å²) in [6, 6.07) is 18.4. The van der Waals surface area contributed by atoms with Crippen molar-refractivity contribution in [3.05, 3.63) is 70.2 Å². The predicted octanol–water partition coefficient (Wildman–Crippen LogP) is 4.68. The minimum Gasteiger partial charge on any atom is -0.497 e. The molecule has 0 saturated carbocycles. The number of rotatable bonds is 10. The Bertz CT molecular complexity index is 1040. The van der Waals surface area contributed by atoms with Gasteiger partial charge in [0.2, 0.25) is 5.01 Å². The van der Waals surface area contributed by atoms with Gasteiger partial charge in [0.1, 0.15) is 10.8 Å². The third-order valence-electron chi connectivity index (χ3n) is 6.10. The van der Waals surface area contributed by atoms with Crippen LogP contribution in [0.15, 0.2) is 54.6 Å². The average molecular weight is 480 g/mol. The number of benzene rings is 2. The van der Waals surface area contributed by atoms with E-state index in [-0.39, 0.29) is 5.91 Å². The minimum atomic E-state index is -0.234.